The molecule has 0 saturated heterocycles. The highest BCUT2D eigenvalue weighted by molar-refractivity contribution is 14.1. The van der Waals surface area contributed by atoms with Crippen molar-refractivity contribution in [3.63, 3.8) is 0 Å². The number of carbonyl (C=O) groups excluding carboxylic acids is 2. The molecule has 0 aromatic carbocycles. The number of hydrogen-bond acceptors (Lipinski definition) is 10. The first kappa shape index (κ1) is 24.2. The number of methoxy groups -OCH3 is 2. The minimum Gasteiger partial charge on any atom is -0.494 e. The number of ether oxygens (including phenoxy) is 4. The van der Waals surface area contributed by atoms with Gasteiger partial charge in [0.05, 0.1) is 45.0 Å². The van der Waals surface area contributed by atoms with E-state index >= 15 is 0 Å². The summed E-state index contributed by atoms with van der Waals surface area (Å²) in [6, 6.07) is 3.08. The first-order valence-electron chi connectivity index (χ1n) is 8.42. The fourth-order valence-electron chi connectivity index (χ4n) is 1.96. The van der Waals surface area contributed by atoms with E-state index in [0.717, 1.165) is 0 Å². The van der Waals surface area contributed by atoms with Crippen LogP contribution in [0.3, 0.4) is 0 Å². The zero-order valence-corrected chi connectivity index (χ0v) is 18.7. The molecule has 0 radical (unpaired) electrons. The number of nitrogens with zero attached hydrogens (tertiary/aromatic N) is 2. The van der Waals surface area contributed by atoms with Gasteiger partial charge in [-0.3, -0.25) is 0 Å². The molecule has 0 saturated carbocycles. The third kappa shape index (κ3) is 6.93. The summed E-state index contributed by atoms with van der Waals surface area (Å²) < 4.78 is 20.1. The van der Waals surface area contributed by atoms with Crippen molar-refractivity contribution >= 4 is 45.9 Å². The number of rotatable bonds is 6. The summed E-state index contributed by atoms with van der Waals surface area (Å²) in [7, 11) is 2.89. The number of nitrogens with two attached hydrogens (primary N) is 2. The van der Waals surface area contributed by atoms with Crippen molar-refractivity contribution < 1.29 is 28.5 Å². The van der Waals surface area contributed by atoms with Crippen LogP contribution in [-0.2, 0) is 9.47 Å². The van der Waals surface area contributed by atoms with Crippen molar-refractivity contribution in [1.82, 2.24) is 9.97 Å². The Balaban J connectivity index is 0.000000291. The van der Waals surface area contributed by atoms with E-state index in [4.69, 9.17) is 30.4 Å². The molecule has 29 heavy (non-hydrogen) atoms. The zero-order valence-electron chi connectivity index (χ0n) is 16.5. The predicted octanol–water partition coefficient (Wildman–Crippen LogP) is 2.30. The molecule has 0 bridgehead atoms. The van der Waals surface area contributed by atoms with Gasteiger partial charge in [-0.25, -0.2) is 19.6 Å². The van der Waals surface area contributed by atoms with Crippen LogP contribution in [0, 0.1) is 3.70 Å². The molecule has 2 aromatic heterocycles. The van der Waals surface area contributed by atoms with Crippen molar-refractivity contribution in [1.29, 1.82) is 0 Å². The normalized spacial score (nSPS) is 9.69. The maximum atomic E-state index is 11.5. The summed E-state index contributed by atoms with van der Waals surface area (Å²) in [5.41, 5.74) is 12.3. The lowest BCUT2D eigenvalue weighted by Crippen LogP contribution is -2.11. The maximum Gasteiger partial charge on any atom is 0.360 e. The van der Waals surface area contributed by atoms with Crippen LogP contribution < -0.4 is 20.9 Å². The lowest BCUT2D eigenvalue weighted by molar-refractivity contribution is 0.0505. The van der Waals surface area contributed by atoms with Crippen LogP contribution in [0.1, 0.15) is 34.8 Å². The highest BCUT2D eigenvalue weighted by Crippen LogP contribution is 2.24. The standard InChI is InChI=1S/C9H11IN2O3.C9H12N2O3/c1-3-15-9(13)7-6(14-2)4-5(11)8(10)12-7;1-3-14-9(12)8-7(13-2)4-6(10)5-11-8/h4H,3,11H2,1-2H3;4-5H,3,10H2,1-2H3. The Morgan fingerprint density at radius 1 is 0.966 bits per heavy atom. The van der Waals surface area contributed by atoms with E-state index in [-0.39, 0.29) is 11.4 Å². The molecular formula is C18H23IN4O6. The van der Waals surface area contributed by atoms with Crippen LogP contribution >= 0.6 is 22.6 Å². The molecular weight excluding hydrogens is 495 g/mol. The Kier molecular flexibility index (Phi) is 9.92. The van der Waals surface area contributed by atoms with Gasteiger partial charge in [0, 0.05) is 12.1 Å². The number of halogens is 1. The fraction of sp³-hybridized carbons (Fsp3) is 0.333. The Morgan fingerprint density at radius 3 is 2.00 bits per heavy atom. The average molecular weight is 518 g/mol. The van der Waals surface area contributed by atoms with Gasteiger partial charge in [0.1, 0.15) is 3.70 Å². The summed E-state index contributed by atoms with van der Waals surface area (Å²) in [6.45, 7) is 4.05. The van der Waals surface area contributed by atoms with Crippen molar-refractivity contribution in [2.45, 2.75) is 13.8 Å². The van der Waals surface area contributed by atoms with E-state index in [2.05, 4.69) is 9.97 Å². The Labute approximate surface area is 182 Å². The molecule has 0 fully saturated rings. The first-order chi connectivity index (χ1) is 13.8. The van der Waals surface area contributed by atoms with Crippen LogP contribution in [0.4, 0.5) is 11.4 Å². The number of anilines is 2. The van der Waals surface area contributed by atoms with Crippen molar-refractivity contribution in [3.05, 3.63) is 33.4 Å². The molecule has 2 aromatic rings. The van der Waals surface area contributed by atoms with Gasteiger partial charge in [-0.1, -0.05) is 0 Å². The summed E-state index contributed by atoms with van der Waals surface area (Å²) in [5, 5.41) is 0. The number of hydrogen-bond donors (Lipinski definition) is 2. The van der Waals surface area contributed by atoms with E-state index in [1.54, 1.807) is 19.9 Å². The number of carbonyl (C=O) groups is 2. The number of pyridine rings is 2. The van der Waals surface area contributed by atoms with E-state index in [1.165, 1.54) is 26.5 Å². The molecule has 158 valence electrons. The van der Waals surface area contributed by atoms with E-state index in [1.807, 2.05) is 22.6 Å². The quantitative estimate of drug-likeness (QED) is 0.332. The minimum atomic E-state index is -0.510. The third-order valence-electron chi connectivity index (χ3n) is 3.22. The molecule has 4 N–H and O–H groups in total. The molecule has 0 unspecified atom stereocenters. The molecule has 0 aliphatic carbocycles. The highest BCUT2D eigenvalue weighted by Gasteiger charge is 2.17. The third-order valence-corrected chi connectivity index (χ3v) is 4.08. The summed E-state index contributed by atoms with van der Waals surface area (Å²) in [6.07, 6.45) is 1.38. The Hall–Kier alpha value is -2.83. The van der Waals surface area contributed by atoms with Gasteiger partial charge in [-0.2, -0.15) is 0 Å². The zero-order chi connectivity index (χ0) is 22.0. The van der Waals surface area contributed by atoms with E-state index in [9.17, 15) is 9.59 Å². The van der Waals surface area contributed by atoms with Crippen molar-refractivity contribution in [2.75, 3.05) is 38.9 Å². The van der Waals surface area contributed by atoms with Gasteiger partial charge < -0.3 is 30.4 Å². The van der Waals surface area contributed by atoms with Gasteiger partial charge in [0.25, 0.3) is 0 Å². The van der Waals surface area contributed by atoms with E-state index in [0.29, 0.717) is 39.8 Å². The molecule has 2 rings (SSSR count). The second kappa shape index (κ2) is 11.9. The summed E-state index contributed by atoms with van der Waals surface area (Å²) >= 11 is 1.95. The van der Waals surface area contributed by atoms with Gasteiger partial charge >= 0.3 is 11.9 Å². The molecule has 10 nitrogen and oxygen atoms in total. The lowest BCUT2D eigenvalue weighted by atomic mass is 10.3. The topological polar surface area (TPSA) is 149 Å². The maximum absolute atomic E-state index is 11.5. The molecule has 0 atom stereocenters. The van der Waals surface area contributed by atoms with Gasteiger partial charge in [-0.05, 0) is 36.4 Å². The smallest absolute Gasteiger partial charge is 0.360 e. The monoisotopic (exact) mass is 518 g/mol. The van der Waals surface area contributed by atoms with Gasteiger partial charge in [0.2, 0.25) is 0 Å². The Bertz CT molecular complexity index is 862. The van der Waals surface area contributed by atoms with Gasteiger partial charge in [-0.15, -0.1) is 0 Å². The average Bonchev–Trinajstić information content (AvgIpc) is 2.70. The largest absolute Gasteiger partial charge is 0.494 e. The van der Waals surface area contributed by atoms with E-state index < -0.39 is 11.9 Å². The van der Waals surface area contributed by atoms with Crippen LogP contribution in [0.2, 0.25) is 0 Å². The summed E-state index contributed by atoms with van der Waals surface area (Å²) in [5.74, 6) is -0.369. The molecule has 0 aliphatic heterocycles. The Morgan fingerprint density at radius 2 is 1.48 bits per heavy atom. The SMILES string of the molecule is CCOC(=O)c1nc(I)c(N)cc1OC.CCOC(=O)c1ncc(N)cc1OC. The van der Waals surface area contributed by atoms with Crippen molar-refractivity contribution in [3.8, 4) is 11.5 Å². The number of aromatic nitrogens is 2. The number of esters is 2. The first-order valence-corrected chi connectivity index (χ1v) is 9.50. The molecule has 0 amide bonds. The second-order valence-electron chi connectivity index (χ2n) is 5.18. The minimum absolute atomic E-state index is 0.142. The molecule has 2 heterocycles. The molecule has 11 heteroatoms. The fourth-order valence-corrected chi connectivity index (χ4v) is 2.35. The highest BCUT2D eigenvalue weighted by atomic mass is 127. The number of nitrogen functional groups attached to an aromatic ring is 2. The van der Waals surface area contributed by atoms with Crippen molar-refractivity contribution in [2.24, 2.45) is 0 Å². The van der Waals surface area contributed by atoms with Crippen LogP contribution in [0.25, 0.3) is 0 Å². The predicted molar refractivity (Wildman–Crippen MR) is 115 cm³/mol. The van der Waals surface area contributed by atoms with Crippen LogP contribution in [0.15, 0.2) is 18.3 Å². The van der Waals surface area contributed by atoms with Gasteiger partial charge in [0.15, 0.2) is 22.9 Å². The molecule has 0 aliphatic rings. The summed E-state index contributed by atoms with van der Waals surface area (Å²) in [4.78, 5) is 30.7. The lowest BCUT2D eigenvalue weighted by Gasteiger charge is -2.08. The second-order valence-corrected chi connectivity index (χ2v) is 6.20. The van der Waals surface area contributed by atoms with Crippen LogP contribution in [-0.4, -0.2) is 49.3 Å². The van der Waals surface area contributed by atoms with Crippen LogP contribution in [0.5, 0.6) is 11.5 Å². The molecule has 0 spiro atoms.